The lowest BCUT2D eigenvalue weighted by atomic mass is 10.4. The fourth-order valence-electron chi connectivity index (χ4n) is 0.726. The molecule has 0 bridgehead atoms. The Bertz CT molecular complexity index is 327. The average Bonchev–Trinajstić information content (AvgIpc) is 2.15. The van der Waals surface area contributed by atoms with Crippen molar-refractivity contribution >= 4 is 5.91 Å². The van der Waals surface area contributed by atoms with Crippen LogP contribution < -0.4 is 10.9 Å². The first-order chi connectivity index (χ1) is 6.24. The number of amides is 1. The van der Waals surface area contributed by atoms with Crippen LogP contribution in [0, 0.1) is 0 Å². The first-order valence-electron chi connectivity index (χ1n) is 3.68. The van der Waals surface area contributed by atoms with Gasteiger partial charge in [-0.25, -0.2) is 4.98 Å². The molecule has 0 aliphatic heterocycles. The van der Waals surface area contributed by atoms with Crippen LogP contribution in [0.5, 0.6) is 0 Å². The number of nitrogens with zero attached hydrogens (tertiary/aromatic N) is 1. The predicted octanol–water partition coefficient (Wildman–Crippen LogP) is -1.51. The molecule has 0 aliphatic carbocycles. The molecule has 1 aromatic rings. The van der Waals surface area contributed by atoms with E-state index in [2.05, 4.69) is 15.3 Å². The summed E-state index contributed by atoms with van der Waals surface area (Å²) in [4.78, 5) is 27.6. The quantitative estimate of drug-likeness (QED) is 0.531. The van der Waals surface area contributed by atoms with E-state index in [4.69, 9.17) is 5.11 Å². The summed E-state index contributed by atoms with van der Waals surface area (Å²) in [5.41, 5.74) is -0.244. The van der Waals surface area contributed by atoms with E-state index in [-0.39, 0.29) is 24.4 Å². The molecule has 1 amide bonds. The lowest BCUT2D eigenvalue weighted by molar-refractivity contribution is 0.0939. The maximum atomic E-state index is 11.1. The van der Waals surface area contributed by atoms with Crippen molar-refractivity contribution in [1.29, 1.82) is 0 Å². The molecule has 0 spiro atoms. The average molecular weight is 183 g/mol. The van der Waals surface area contributed by atoms with Crippen LogP contribution >= 0.6 is 0 Å². The largest absolute Gasteiger partial charge is 0.395 e. The first kappa shape index (κ1) is 9.40. The molecule has 1 rings (SSSR count). The molecule has 0 unspecified atom stereocenters. The van der Waals surface area contributed by atoms with Gasteiger partial charge in [-0.3, -0.25) is 9.59 Å². The predicted molar refractivity (Wildman–Crippen MR) is 44.3 cm³/mol. The number of aromatic amines is 1. The second-order valence-corrected chi connectivity index (χ2v) is 2.28. The molecule has 0 saturated carbocycles. The third-order valence-corrected chi connectivity index (χ3v) is 1.30. The third kappa shape index (κ3) is 2.68. The fraction of sp³-hybridized carbons (Fsp3) is 0.286. The van der Waals surface area contributed by atoms with E-state index < -0.39 is 5.91 Å². The van der Waals surface area contributed by atoms with Crippen LogP contribution in [0.2, 0.25) is 0 Å². The Labute approximate surface area is 73.6 Å². The van der Waals surface area contributed by atoms with Gasteiger partial charge in [-0.2, -0.15) is 0 Å². The minimum absolute atomic E-state index is 0.119. The molecule has 0 aliphatic rings. The fourth-order valence-corrected chi connectivity index (χ4v) is 0.726. The summed E-state index contributed by atoms with van der Waals surface area (Å²) >= 11 is 0. The summed E-state index contributed by atoms with van der Waals surface area (Å²) in [6, 6.07) is 0. The van der Waals surface area contributed by atoms with Crippen molar-refractivity contribution in [2.45, 2.75) is 0 Å². The highest BCUT2D eigenvalue weighted by molar-refractivity contribution is 5.91. The summed E-state index contributed by atoms with van der Waals surface area (Å²) in [6.45, 7) is 0.0364. The number of H-pyrrole nitrogens is 1. The Hall–Kier alpha value is -1.69. The summed E-state index contributed by atoms with van der Waals surface area (Å²) in [5.74, 6) is -0.426. The van der Waals surface area contributed by atoms with E-state index in [9.17, 15) is 9.59 Å². The van der Waals surface area contributed by atoms with Gasteiger partial charge < -0.3 is 15.4 Å². The number of hydrogen-bond acceptors (Lipinski definition) is 4. The zero-order chi connectivity index (χ0) is 9.68. The molecule has 13 heavy (non-hydrogen) atoms. The monoisotopic (exact) mass is 183 g/mol. The standard InChI is InChI=1S/C7H9N3O3/c11-2-1-8-7(13)5-3-10-6(12)4-9-5/h3-4,11H,1-2H2,(H,8,13)(H,10,12). The number of carbonyl (C=O) groups is 1. The van der Waals surface area contributed by atoms with Gasteiger partial charge in [0.05, 0.1) is 12.8 Å². The number of rotatable bonds is 3. The van der Waals surface area contributed by atoms with Gasteiger partial charge in [0.1, 0.15) is 5.69 Å². The van der Waals surface area contributed by atoms with Crippen molar-refractivity contribution in [2.24, 2.45) is 0 Å². The molecule has 6 nitrogen and oxygen atoms in total. The van der Waals surface area contributed by atoms with Crippen LogP contribution in [-0.4, -0.2) is 34.1 Å². The second-order valence-electron chi connectivity index (χ2n) is 2.28. The lowest BCUT2D eigenvalue weighted by Gasteiger charge is -2.00. The molecule has 0 saturated heterocycles. The summed E-state index contributed by atoms with van der Waals surface area (Å²) in [5, 5.41) is 10.8. The highest BCUT2D eigenvalue weighted by Crippen LogP contribution is 1.85. The molecule has 3 N–H and O–H groups in total. The Morgan fingerprint density at radius 1 is 1.69 bits per heavy atom. The van der Waals surface area contributed by atoms with E-state index in [0.29, 0.717) is 0 Å². The van der Waals surface area contributed by atoms with E-state index in [1.807, 2.05) is 0 Å². The summed E-state index contributed by atoms with van der Waals surface area (Å²) < 4.78 is 0. The summed E-state index contributed by atoms with van der Waals surface area (Å²) in [6.07, 6.45) is 2.24. The molecular formula is C7H9N3O3. The second kappa shape index (κ2) is 4.36. The molecule has 0 fully saturated rings. The molecular weight excluding hydrogens is 174 g/mol. The van der Waals surface area contributed by atoms with Crippen molar-refractivity contribution in [1.82, 2.24) is 15.3 Å². The van der Waals surface area contributed by atoms with Crippen LogP contribution in [0.3, 0.4) is 0 Å². The van der Waals surface area contributed by atoms with Crippen LogP contribution in [0.25, 0.3) is 0 Å². The SMILES string of the molecule is O=C(NCCO)c1c[nH]c(=O)cn1. The zero-order valence-electron chi connectivity index (χ0n) is 6.78. The van der Waals surface area contributed by atoms with Gasteiger partial charge in [0.15, 0.2) is 0 Å². The normalized spacial score (nSPS) is 9.62. The van der Waals surface area contributed by atoms with Gasteiger partial charge in [-0.1, -0.05) is 0 Å². The molecule has 0 aromatic carbocycles. The smallest absolute Gasteiger partial charge is 0.271 e. The van der Waals surface area contributed by atoms with Crippen molar-refractivity contribution in [2.75, 3.05) is 13.2 Å². The Morgan fingerprint density at radius 3 is 3.00 bits per heavy atom. The molecule has 70 valence electrons. The number of carbonyl (C=O) groups excluding carboxylic acids is 1. The summed E-state index contributed by atoms with van der Waals surface area (Å²) in [7, 11) is 0. The molecule has 0 atom stereocenters. The van der Waals surface area contributed by atoms with Crippen molar-refractivity contribution in [3.8, 4) is 0 Å². The number of aromatic nitrogens is 2. The Morgan fingerprint density at radius 2 is 2.46 bits per heavy atom. The van der Waals surface area contributed by atoms with Crippen molar-refractivity contribution in [3.05, 3.63) is 28.4 Å². The van der Waals surface area contributed by atoms with Crippen molar-refractivity contribution < 1.29 is 9.90 Å². The highest BCUT2D eigenvalue weighted by atomic mass is 16.3. The third-order valence-electron chi connectivity index (χ3n) is 1.30. The van der Waals surface area contributed by atoms with Gasteiger partial charge in [-0.05, 0) is 0 Å². The van der Waals surface area contributed by atoms with Gasteiger partial charge >= 0.3 is 0 Å². The van der Waals surface area contributed by atoms with Crippen LogP contribution in [0.15, 0.2) is 17.2 Å². The molecule has 0 radical (unpaired) electrons. The van der Waals surface area contributed by atoms with Crippen LogP contribution in [0.1, 0.15) is 10.5 Å². The minimum Gasteiger partial charge on any atom is -0.395 e. The first-order valence-corrected chi connectivity index (χ1v) is 3.68. The van der Waals surface area contributed by atoms with E-state index >= 15 is 0 Å². The maximum absolute atomic E-state index is 11.1. The number of aliphatic hydroxyl groups excluding tert-OH is 1. The highest BCUT2D eigenvalue weighted by Gasteiger charge is 2.04. The lowest BCUT2D eigenvalue weighted by Crippen LogP contribution is -2.28. The number of nitrogens with one attached hydrogen (secondary N) is 2. The van der Waals surface area contributed by atoms with E-state index in [1.54, 1.807) is 0 Å². The van der Waals surface area contributed by atoms with Crippen LogP contribution in [0.4, 0.5) is 0 Å². The molecule has 1 aromatic heterocycles. The Balaban J connectivity index is 2.66. The van der Waals surface area contributed by atoms with Crippen LogP contribution in [-0.2, 0) is 0 Å². The Kier molecular flexibility index (Phi) is 3.15. The topological polar surface area (TPSA) is 95.1 Å². The van der Waals surface area contributed by atoms with E-state index in [0.717, 1.165) is 6.20 Å². The number of hydrogen-bond donors (Lipinski definition) is 3. The number of aliphatic hydroxyl groups is 1. The minimum atomic E-state index is -0.426. The van der Waals surface area contributed by atoms with Crippen molar-refractivity contribution in [3.63, 3.8) is 0 Å². The van der Waals surface area contributed by atoms with Gasteiger partial charge in [0, 0.05) is 12.7 Å². The van der Waals surface area contributed by atoms with E-state index in [1.165, 1.54) is 6.20 Å². The molecule has 1 heterocycles. The van der Waals surface area contributed by atoms with Gasteiger partial charge in [0.2, 0.25) is 0 Å². The maximum Gasteiger partial charge on any atom is 0.271 e. The van der Waals surface area contributed by atoms with Gasteiger partial charge in [0.25, 0.3) is 11.5 Å². The van der Waals surface area contributed by atoms with Gasteiger partial charge in [-0.15, -0.1) is 0 Å². The zero-order valence-corrected chi connectivity index (χ0v) is 6.78. The molecule has 6 heteroatoms.